The summed E-state index contributed by atoms with van der Waals surface area (Å²) in [7, 11) is 0. The van der Waals surface area contributed by atoms with E-state index in [2.05, 4.69) is 9.97 Å². The monoisotopic (exact) mass is 206 g/mol. The maximum absolute atomic E-state index is 11.4. The third kappa shape index (κ3) is 1.17. The fourth-order valence-corrected chi connectivity index (χ4v) is 2.32. The van der Waals surface area contributed by atoms with E-state index in [-0.39, 0.29) is 5.41 Å². The summed E-state index contributed by atoms with van der Waals surface area (Å²) in [6.07, 6.45) is 3.78. The molecule has 1 aromatic rings. The van der Waals surface area contributed by atoms with Crippen LogP contribution in [-0.4, -0.2) is 21.0 Å². The molecule has 15 heavy (non-hydrogen) atoms. The van der Waals surface area contributed by atoms with E-state index in [1.807, 2.05) is 13.8 Å². The number of aromatic nitrogens is 2. The van der Waals surface area contributed by atoms with Gasteiger partial charge in [0, 0.05) is 12.4 Å². The topological polar surface area (TPSA) is 63.1 Å². The minimum absolute atomic E-state index is 0.223. The van der Waals surface area contributed by atoms with Gasteiger partial charge in [-0.25, -0.2) is 0 Å². The van der Waals surface area contributed by atoms with Crippen molar-refractivity contribution in [3.05, 3.63) is 23.8 Å². The SMILES string of the molecule is Cc1nccnc1C1(C(=O)O)CC1(C)C. The third-order valence-corrected chi connectivity index (χ3v) is 3.39. The molecule has 1 aliphatic rings. The number of aliphatic carboxylic acids is 1. The molecule has 1 heterocycles. The molecular formula is C11H14N2O2. The lowest BCUT2D eigenvalue weighted by atomic mass is 9.91. The summed E-state index contributed by atoms with van der Waals surface area (Å²) < 4.78 is 0. The van der Waals surface area contributed by atoms with Crippen molar-refractivity contribution in [3.8, 4) is 0 Å². The Morgan fingerprint density at radius 2 is 1.93 bits per heavy atom. The summed E-state index contributed by atoms with van der Waals surface area (Å²) in [6.45, 7) is 5.71. The minimum atomic E-state index is -0.828. The van der Waals surface area contributed by atoms with Gasteiger partial charge in [-0.2, -0.15) is 0 Å². The summed E-state index contributed by atoms with van der Waals surface area (Å²) in [4.78, 5) is 19.7. The van der Waals surface area contributed by atoms with E-state index in [0.29, 0.717) is 17.8 Å². The number of nitrogens with zero attached hydrogens (tertiary/aromatic N) is 2. The van der Waals surface area contributed by atoms with Crippen molar-refractivity contribution >= 4 is 5.97 Å². The predicted molar refractivity (Wildman–Crippen MR) is 54.5 cm³/mol. The minimum Gasteiger partial charge on any atom is -0.481 e. The van der Waals surface area contributed by atoms with Crippen LogP contribution in [0.4, 0.5) is 0 Å². The Labute approximate surface area is 88.4 Å². The summed E-state index contributed by atoms with van der Waals surface area (Å²) in [5.74, 6) is -0.795. The van der Waals surface area contributed by atoms with E-state index in [9.17, 15) is 9.90 Å². The van der Waals surface area contributed by atoms with Gasteiger partial charge in [0.15, 0.2) is 0 Å². The molecule has 1 aliphatic carbocycles. The van der Waals surface area contributed by atoms with Crippen LogP contribution in [0.25, 0.3) is 0 Å². The van der Waals surface area contributed by atoms with E-state index in [4.69, 9.17) is 0 Å². The average molecular weight is 206 g/mol. The summed E-state index contributed by atoms with van der Waals surface area (Å²) in [6, 6.07) is 0. The van der Waals surface area contributed by atoms with E-state index in [0.717, 1.165) is 0 Å². The van der Waals surface area contributed by atoms with Crippen LogP contribution in [-0.2, 0) is 10.2 Å². The summed E-state index contributed by atoms with van der Waals surface area (Å²) in [5.41, 5.74) is 0.276. The Hall–Kier alpha value is -1.45. The van der Waals surface area contributed by atoms with E-state index >= 15 is 0 Å². The zero-order valence-electron chi connectivity index (χ0n) is 9.11. The van der Waals surface area contributed by atoms with Gasteiger partial charge in [0.05, 0.1) is 11.4 Å². The molecule has 4 nitrogen and oxygen atoms in total. The van der Waals surface area contributed by atoms with Crippen molar-refractivity contribution in [1.82, 2.24) is 9.97 Å². The van der Waals surface area contributed by atoms with Crippen LogP contribution in [0.5, 0.6) is 0 Å². The van der Waals surface area contributed by atoms with Crippen LogP contribution in [0.15, 0.2) is 12.4 Å². The van der Waals surface area contributed by atoms with Crippen molar-refractivity contribution in [3.63, 3.8) is 0 Å². The second-order valence-corrected chi connectivity index (χ2v) is 4.76. The molecule has 0 spiro atoms. The molecule has 0 aromatic carbocycles. The van der Waals surface area contributed by atoms with Gasteiger partial charge < -0.3 is 5.11 Å². The van der Waals surface area contributed by atoms with Gasteiger partial charge in [-0.3, -0.25) is 14.8 Å². The lowest BCUT2D eigenvalue weighted by Crippen LogP contribution is -2.28. The van der Waals surface area contributed by atoms with Crippen LogP contribution in [0, 0.1) is 12.3 Å². The Bertz CT molecular complexity index is 428. The second-order valence-electron chi connectivity index (χ2n) is 4.76. The van der Waals surface area contributed by atoms with E-state index in [1.165, 1.54) is 0 Å². The predicted octanol–water partition coefficient (Wildman–Crippen LogP) is 1.54. The van der Waals surface area contributed by atoms with Crippen LogP contribution < -0.4 is 0 Å². The summed E-state index contributed by atoms with van der Waals surface area (Å²) >= 11 is 0. The fourth-order valence-electron chi connectivity index (χ4n) is 2.32. The second kappa shape index (κ2) is 2.78. The highest BCUT2D eigenvalue weighted by molar-refractivity contribution is 5.86. The lowest BCUT2D eigenvalue weighted by Gasteiger charge is -2.16. The standard InChI is InChI=1S/C11H14N2O2/c1-7-8(13-5-4-12-7)11(9(14)15)6-10(11,2)3/h4-5H,6H2,1-3H3,(H,14,15). The number of carbonyl (C=O) groups is 1. The van der Waals surface area contributed by atoms with Gasteiger partial charge in [-0.05, 0) is 18.8 Å². The molecule has 0 radical (unpaired) electrons. The van der Waals surface area contributed by atoms with Gasteiger partial charge >= 0.3 is 5.97 Å². The maximum atomic E-state index is 11.4. The van der Waals surface area contributed by atoms with Gasteiger partial charge in [-0.1, -0.05) is 13.8 Å². The Kier molecular flexibility index (Phi) is 1.87. The Morgan fingerprint density at radius 3 is 2.33 bits per heavy atom. The Morgan fingerprint density at radius 1 is 1.40 bits per heavy atom. The molecule has 0 amide bonds. The fraction of sp³-hybridized carbons (Fsp3) is 0.545. The summed E-state index contributed by atoms with van der Waals surface area (Å²) in [5, 5.41) is 9.35. The molecular weight excluding hydrogens is 192 g/mol. The van der Waals surface area contributed by atoms with Crippen LogP contribution in [0.2, 0.25) is 0 Å². The van der Waals surface area contributed by atoms with Crippen LogP contribution in [0.3, 0.4) is 0 Å². The molecule has 2 rings (SSSR count). The molecule has 1 unspecified atom stereocenters. The van der Waals surface area contributed by atoms with Gasteiger partial charge in [0.1, 0.15) is 5.41 Å². The van der Waals surface area contributed by atoms with E-state index in [1.54, 1.807) is 19.3 Å². The molecule has 1 fully saturated rings. The number of rotatable bonds is 2. The molecule has 1 N–H and O–H groups in total. The molecule has 4 heteroatoms. The van der Waals surface area contributed by atoms with Crippen molar-refractivity contribution in [1.29, 1.82) is 0 Å². The van der Waals surface area contributed by atoms with Crippen molar-refractivity contribution < 1.29 is 9.90 Å². The first-order valence-corrected chi connectivity index (χ1v) is 4.93. The first-order valence-electron chi connectivity index (χ1n) is 4.93. The molecule has 1 aromatic heterocycles. The molecule has 1 atom stereocenters. The van der Waals surface area contributed by atoms with Crippen LogP contribution in [0.1, 0.15) is 31.7 Å². The van der Waals surface area contributed by atoms with Crippen molar-refractivity contribution in [2.45, 2.75) is 32.6 Å². The highest BCUT2D eigenvalue weighted by Gasteiger charge is 2.69. The molecule has 1 saturated carbocycles. The molecule has 0 aliphatic heterocycles. The van der Waals surface area contributed by atoms with Crippen LogP contribution >= 0.6 is 0 Å². The number of carboxylic acid groups (broad SMARTS) is 1. The number of hydrogen-bond donors (Lipinski definition) is 1. The highest BCUT2D eigenvalue weighted by atomic mass is 16.4. The normalized spacial score (nSPS) is 27.4. The van der Waals surface area contributed by atoms with Crippen molar-refractivity contribution in [2.24, 2.45) is 5.41 Å². The first-order chi connectivity index (χ1) is 6.92. The lowest BCUT2D eigenvalue weighted by molar-refractivity contribution is -0.141. The maximum Gasteiger partial charge on any atom is 0.316 e. The molecule has 0 saturated heterocycles. The smallest absolute Gasteiger partial charge is 0.316 e. The van der Waals surface area contributed by atoms with E-state index < -0.39 is 11.4 Å². The van der Waals surface area contributed by atoms with Gasteiger partial charge in [0.2, 0.25) is 0 Å². The largest absolute Gasteiger partial charge is 0.481 e. The quantitative estimate of drug-likeness (QED) is 0.797. The Balaban J connectivity index is 2.55. The zero-order chi connectivity index (χ0) is 11.3. The number of carboxylic acids is 1. The van der Waals surface area contributed by atoms with Gasteiger partial charge in [0.25, 0.3) is 0 Å². The zero-order valence-corrected chi connectivity index (χ0v) is 9.11. The molecule has 80 valence electrons. The number of hydrogen-bond acceptors (Lipinski definition) is 3. The van der Waals surface area contributed by atoms with Crippen molar-refractivity contribution in [2.75, 3.05) is 0 Å². The number of aryl methyl sites for hydroxylation is 1. The molecule has 0 bridgehead atoms. The highest BCUT2D eigenvalue weighted by Crippen LogP contribution is 2.64. The average Bonchev–Trinajstić information content (AvgIpc) is 2.71. The third-order valence-electron chi connectivity index (χ3n) is 3.39. The first kappa shape index (κ1) is 10.1. The van der Waals surface area contributed by atoms with Gasteiger partial charge in [-0.15, -0.1) is 0 Å².